The molecule has 0 spiro atoms. The summed E-state index contributed by atoms with van der Waals surface area (Å²) in [5, 5.41) is 0. The average molecular weight is 172 g/mol. The van der Waals surface area contributed by atoms with Crippen molar-refractivity contribution in [1.29, 1.82) is 0 Å². The highest BCUT2D eigenvalue weighted by Crippen LogP contribution is 2.00. The molecule has 0 atom stereocenters. The molecule has 0 aliphatic heterocycles. The average Bonchev–Trinajstić information content (AvgIpc) is 2.14. The van der Waals surface area contributed by atoms with E-state index in [1.54, 1.807) is 0 Å². The minimum absolute atomic E-state index is 0.898. The molecule has 0 N–H and O–H groups in total. The number of hydrogen-bond acceptors (Lipinski definition) is 0. The number of terminal acetylenes is 1. The normalized spacial score (nSPS) is 6.17. The van der Waals surface area contributed by atoms with Crippen molar-refractivity contribution in [2.75, 3.05) is 0 Å². The van der Waals surface area contributed by atoms with Crippen LogP contribution in [0.25, 0.3) is 0 Å². The van der Waals surface area contributed by atoms with E-state index >= 15 is 0 Å². The lowest BCUT2D eigenvalue weighted by atomic mass is 10.1. The Kier molecular flexibility index (Phi) is 87.2. The van der Waals surface area contributed by atoms with Gasteiger partial charge in [0.2, 0.25) is 0 Å². The highest BCUT2D eigenvalue weighted by atomic mass is 13.9. The van der Waals surface area contributed by atoms with Crippen molar-refractivity contribution in [3.63, 3.8) is 0 Å². The highest BCUT2D eigenvalue weighted by Gasteiger charge is 1.85. The van der Waals surface area contributed by atoms with Crippen molar-refractivity contribution >= 4 is 0 Å². The van der Waals surface area contributed by atoms with Crippen LogP contribution >= 0.6 is 0 Å². The van der Waals surface area contributed by atoms with E-state index in [1.165, 1.54) is 12.8 Å². The van der Waals surface area contributed by atoms with Crippen LogP contribution in [0.15, 0.2) is 0 Å². The van der Waals surface area contributed by atoms with Gasteiger partial charge in [0.1, 0.15) is 0 Å². The summed E-state index contributed by atoms with van der Waals surface area (Å²) in [5.74, 6) is 0.898. The quantitative estimate of drug-likeness (QED) is 0.528. The molecule has 0 saturated carbocycles. The first-order chi connectivity index (χ1) is 5.77. The number of hydrogen-bond donors (Lipinski definition) is 0. The third-order valence-electron chi connectivity index (χ3n) is 0.866. The van der Waals surface area contributed by atoms with Gasteiger partial charge in [-0.05, 0) is 5.92 Å². The molecule has 0 aromatic rings. The van der Waals surface area contributed by atoms with Gasteiger partial charge >= 0.3 is 0 Å². The van der Waals surface area contributed by atoms with Crippen LogP contribution in [-0.4, -0.2) is 0 Å². The molecular formula is C12H28. The predicted octanol–water partition coefficient (Wildman–Crippen LogP) is 4.74. The molecule has 0 aliphatic carbocycles. The summed E-state index contributed by atoms with van der Waals surface area (Å²) in [7, 11) is 0. The van der Waals surface area contributed by atoms with E-state index in [1.807, 2.05) is 27.7 Å². The second-order valence-corrected chi connectivity index (χ2v) is 2.18. The van der Waals surface area contributed by atoms with E-state index in [0.29, 0.717) is 0 Å². The molecule has 0 amide bonds. The molecule has 0 radical (unpaired) electrons. The highest BCUT2D eigenvalue weighted by molar-refractivity contribution is 4.47. The summed E-state index contributed by atoms with van der Waals surface area (Å²) in [5.41, 5.74) is 0. The van der Waals surface area contributed by atoms with E-state index in [2.05, 4.69) is 33.6 Å². The molecule has 0 unspecified atom stereocenters. The van der Waals surface area contributed by atoms with Gasteiger partial charge in [0.05, 0.1) is 0 Å². The summed E-state index contributed by atoms with van der Waals surface area (Å²) in [4.78, 5) is 0. The molecule has 76 valence electrons. The molecule has 12 heavy (non-hydrogen) atoms. The molecule has 0 fully saturated rings. The SMILES string of the molecule is C#C.CC.CC.CCCC(C)C. The molecule has 0 aromatic carbocycles. The zero-order valence-electron chi connectivity index (χ0n) is 10.1. The molecular weight excluding hydrogens is 144 g/mol. The van der Waals surface area contributed by atoms with Crippen LogP contribution in [0.4, 0.5) is 0 Å². The fourth-order valence-electron chi connectivity index (χ4n) is 0.577. The van der Waals surface area contributed by atoms with Crippen molar-refractivity contribution in [2.24, 2.45) is 5.92 Å². The summed E-state index contributed by atoms with van der Waals surface area (Å²) >= 11 is 0. The van der Waals surface area contributed by atoms with Gasteiger partial charge in [-0.15, -0.1) is 12.8 Å². The summed E-state index contributed by atoms with van der Waals surface area (Å²) in [6, 6.07) is 0. The van der Waals surface area contributed by atoms with Gasteiger partial charge in [-0.2, -0.15) is 0 Å². The summed E-state index contributed by atoms with van der Waals surface area (Å²) in [6.45, 7) is 14.7. The van der Waals surface area contributed by atoms with E-state index in [0.717, 1.165) is 5.92 Å². The summed E-state index contributed by atoms with van der Waals surface area (Å²) < 4.78 is 0. The largest absolute Gasteiger partial charge is 0.124 e. The smallest absolute Gasteiger partial charge is 0.0471 e. The van der Waals surface area contributed by atoms with Crippen LogP contribution in [0.5, 0.6) is 0 Å². The van der Waals surface area contributed by atoms with Crippen molar-refractivity contribution < 1.29 is 0 Å². The molecule has 0 aromatic heterocycles. The van der Waals surface area contributed by atoms with Crippen LogP contribution in [-0.2, 0) is 0 Å². The van der Waals surface area contributed by atoms with Gasteiger partial charge in [-0.1, -0.05) is 61.3 Å². The van der Waals surface area contributed by atoms with E-state index in [-0.39, 0.29) is 0 Å². The monoisotopic (exact) mass is 172 g/mol. The second-order valence-electron chi connectivity index (χ2n) is 2.18. The zero-order chi connectivity index (χ0) is 11.0. The van der Waals surface area contributed by atoms with Crippen molar-refractivity contribution in [3.8, 4) is 12.8 Å². The maximum atomic E-state index is 4.00. The molecule has 0 aliphatic rings. The Labute approximate surface area is 80.8 Å². The van der Waals surface area contributed by atoms with E-state index in [9.17, 15) is 0 Å². The topological polar surface area (TPSA) is 0 Å². The molecule has 0 bridgehead atoms. The van der Waals surface area contributed by atoms with Gasteiger partial charge in [0, 0.05) is 0 Å². The Morgan fingerprint density at radius 1 is 0.917 bits per heavy atom. The third-order valence-corrected chi connectivity index (χ3v) is 0.866. The lowest BCUT2D eigenvalue weighted by Crippen LogP contribution is -1.81. The molecule has 0 nitrogen and oxygen atoms in total. The molecule has 0 saturated heterocycles. The lowest BCUT2D eigenvalue weighted by Gasteiger charge is -1.95. The predicted molar refractivity (Wildman–Crippen MR) is 62.3 cm³/mol. The van der Waals surface area contributed by atoms with Gasteiger partial charge in [-0.25, -0.2) is 0 Å². The van der Waals surface area contributed by atoms with Gasteiger partial charge < -0.3 is 0 Å². The maximum absolute atomic E-state index is 4.00. The van der Waals surface area contributed by atoms with Crippen molar-refractivity contribution in [1.82, 2.24) is 0 Å². The van der Waals surface area contributed by atoms with Crippen LogP contribution < -0.4 is 0 Å². The maximum Gasteiger partial charge on any atom is -0.0471 e. The van der Waals surface area contributed by atoms with Crippen molar-refractivity contribution in [2.45, 2.75) is 61.3 Å². The first-order valence-corrected chi connectivity index (χ1v) is 5.10. The Bertz CT molecular complexity index is 41.2. The fraction of sp³-hybridized carbons (Fsp3) is 0.833. The fourth-order valence-corrected chi connectivity index (χ4v) is 0.577. The van der Waals surface area contributed by atoms with Gasteiger partial charge in [0.15, 0.2) is 0 Å². The zero-order valence-corrected chi connectivity index (χ0v) is 10.1. The van der Waals surface area contributed by atoms with Crippen molar-refractivity contribution in [3.05, 3.63) is 0 Å². The Morgan fingerprint density at radius 2 is 1.17 bits per heavy atom. The number of rotatable bonds is 2. The molecule has 0 rings (SSSR count). The Hall–Kier alpha value is -0.440. The van der Waals surface area contributed by atoms with E-state index < -0.39 is 0 Å². The van der Waals surface area contributed by atoms with Crippen LogP contribution in [0.2, 0.25) is 0 Å². The van der Waals surface area contributed by atoms with Crippen LogP contribution in [0.3, 0.4) is 0 Å². The van der Waals surface area contributed by atoms with Gasteiger partial charge in [-0.3, -0.25) is 0 Å². The lowest BCUT2D eigenvalue weighted by molar-refractivity contribution is 0.576. The summed E-state index contributed by atoms with van der Waals surface area (Å²) in [6.07, 6.45) is 10.7. The Morgan fingerprint density at radius 3 is 1.17 bits per heavy atom. The van der Waals surface area contributed by atoms with Gasteiger partial charge in [0.25, 0.3) is 0 Å². The molecule has 0 heteroatoms. The molecule has 0 heterocycles. The van der Waals surface area contributed by atoms with Crippen LogP contribution in [0, 0.1) is 18.8 Å². The minimum atomic E-state index is 0.898. The minimum Gasteiger partial charge on any atom is -0.124 e. The standard InChI is InChI=1S/C6H14.2C2H6.C2H2/c1-4-5-6(2)3;3*1-2/h6H,4-5H2,1-3H3;2*1-2H3;1-2H. The second kappa shape index (κ2) is 46.4. The van der Waals surface area contributed by atoms with E-state index in [4.69, 9.17) is 0 Å². The third kappa shape index (κ3) is 107. The first-order valence-electron chi connectivity index (χ1n) is 5.10. The first kappa shape index (κ1) is 22.6. The Balaban J connectivity index is -0.0000000453. The van der Waals surface area contributed by atoms with Crippen LogP contribution in [0.1, 0.15) is 61.3 Å².